The quantitative estimate of drug-likeness (QED) is 0.755. The Bertz CT molecular complexity index is 379. The highest BCUT2D eigenvalue weighted by atomic mass is 16.4. The zero-order valence-electron chi connectivity index (χ0n) is 13.2. The van der Waals surface area contributed by atoms with E-state index in [2.05, 4.69) is 12.2 Å². The van der Waals surface area contributed by atoms with Crippen LogP contribution in [-0.2, 0) is 9.59 Å². The summed E-state index contributed by atoms with van der Waals surface area (Å²) in [5, 5.41) is 12.2. The zero-order chi connectivity index (χ0) is 15.3. The van der Waals surface area contributed by atoms with Gasteiger partial charge in [-0.2, -0.15) is 0 Å². The van der Waals surface area contributed by atoms with Gasteiger partial charge in [0, 0.05) is 13.0 Å². The van der Waals surface area contributed by atoms with Crippen LogP contribution in [0.2, 0.25) is 0 Å². The summed E-state index contributed by atoms with van der Waals surface area (Å²) >= 11 is 0. The molecule has 0 radical (unpaired) electrons. The van der Waals surface area contributed by atoms with E-state index in [0.717, 1.165) is 38.6 Å². The van der Waals surface area contributed by atoms with E-state index in [9.17, 15) is 9.59 Å². The highest BCUT2D eigenvalue weighted by Gasteiger charge is 2.38. The molecule has 0 heterocycles. The van der Waals surface area contributed by atoms with E-state index in [1.54, 1.807) is 0 Å². The SMILES string of the molecule is CCC1(CNC(=O)CC2(CC(=O)O)CCCC2)CCCC1. The first-order chi connectivity index (χ1) is 9.99. The number of hydrogen-bond acceptors (Lipinski definition) is 2. The van der Waals surface area contributed by atoms with Crippen LogP contribution in [0.1, 0.15) is 77.6 Å². The number of nitrogens with one attached hydrogen (secondary N) is 1. The molecule has 4 heteroatoms. The lowest BCUT2D eigenvalue weighted by molar-refractivity contribution is -0.140. The molecule has 0 bridgehead atoms. The maximum atomic E-state index is 12.3. The molecule has 0 saturated heterocycles. The standard InChI is InChI=1S/C17H29NO3/c1-2-16(7-3-4-8-16)13-18-14(19)11-17(12-15(20)21)9-5-6-10-17/h2-13H2,1H3,(H,18,19)(H,20,21). The van der Waals surface area contributed by atoms with Crippen LogP contribution in [0.15, 0.2) is 0 Å². The summed E-state index contributed by atoms with van der Waals surface area (Å²) in [6.07, 6.45) is 10.5. The van der Waals surface area contributed by atoms with Gasteiger partial charge in [0.25, 0.3) is 0 Å². The summed E-state index contributed by atoms with van der Waals surface area (Å²) in [5.41, 5.74) is 0.0102. The first kappa shape index (κ1) is 16.3. The van der Waals surface area contributed by atoms with Crippen LogP contribution in [0.5, 0.6) is 0 Å². The van der Waals surface area contributed by atoms with Gasteiger partial charge in [-0.3, -0.25) is 9.59 Å². The number of hydrogen-bond donors (Lipinski definition) is 2. The molecule has 0 atom stereocenters. The molecular formula is C17H29NO3. The highest BCUT2D eigenvalue weighted by Crippen LogP contribution is 2.44. The fourth-order valence-electron chi connectivity index (χ4n) is 4.33. The predicted molar refractivity (Wildman–Crippen MR) is 82.0 cm³/mol. The number of amides is 1. The van der Waals surface area contributed by atoms with Gasteiger partial charge in [-0.25, -0.2) is 0 Å². The van der Waals surface area contributed by atoms with Crippen LogP contribution in [0.25, 0.3) is 0 Å². The minimum Gasteiger partial charge on any atom is -0.481 e. The summed E-state index contributed by atoms with van der Waals surface area (Å²) in [6.45, 7) is 2.98. The molecule has 0 aliphatic heterocycles. The molecule has 4 nitrogen and oxygen atoms in total. The average molecular weight is 295 g/mol. The van der Waals surface area contributed by atoms with Gasteiger partial charge in [-0.1, -0.05) is 32.6 Å². The van der Waals surface area contributed by atoms with Crippen LogP contribution in [0.4, 0.5) is 0 Å². The van der Waals surface area contributed by atoms with E-state index in [1.165, 1.54) is 25.7 Å². The van der Waals surface area contributed by atoms with Crippen LogP contribution in [0.3, 0.4) is 0 Å². The topological polar surface area (TPSA) is 66.4 Å². The number of carboxylic acid groups (broad SMARTS) is 1. The molecule has 2 fully saturated rings. The zero-order valence-corrected chi connectivity index (χ0v) is 13.2. The lowest BCUT2D eigenvalue weighted by atomic mass is 9.79. The molecule has 2 saturated carbocycles. The smallest absolute Gasteiger partial charge is 0.303 e. The van der Waals surface area contributed by atoms with E-state index < -0.39 is 5.97 Å². The summed E-state index contributed by atoms with van der Waals surface area (Å²) in [6, 6.07) is 0. The molecule has 0 aromatic heterocycles. The Labute approximate surface area is 127 Å². The second-order valence-corrected chi connectivity index (χ2v) is 7.29. The number of aliphatic carboxylic acids is 1. The minimum absolute atomic E-state index is 0.0536. The van der Waals surface area contributed by atoms with Gasteiger partial charge in [-0.05, 0) is 42.9 Å². The van der Waals surface area contributed by atoms with Gasteiger partial charge in [0.15, 0.2) is 0 Å². The van der Waals surface area contributed by atoms with Gasteiger partial charge >= 0.3 is 5.97 Å². The maximum absolute atomic E-state index is 12.3. The first-order valence-electron chi connectivity index (χ1n) is 8.48. The number of rotatable bonds is 7. The van der Waals surface area contributed by atoms with Crippen molar-refractivity contribution in [3.05, 3.63) is 0 Å². The van der Waals surface area contributed by atoms with E-state index in [4.69, 9.17) is 5.11 Å². The van der Waals surface area contributed by atoms with Crippen molar-refractivity contribution in [1.29, 1.82) is 0 Å². The third kappa shape index (κ3) is 4.21. The van der Waals surface area contributed by atoms with Crippen molar-refractivity contribution < 1.29 is 14.7 Å². The molecule has 1 amide bonds. The summed E-state index contributed by atoms with van der Waals surface area (Å²) in [4.78, 5) is 23.4. The third-order valence-corrected chi connectivity index (χ3v) is 5.80. The first-order valence-corrected chi connectivity index (χ1v) is 8.48. The van der Waals surface area contributed by atoms with Crippen LogP contribution >= 0.6 is 0 Å². The Morgan fingerprint density at radius 1 is 0.952 bits per heavy atom. The van der Waals surface area contributed by atoms with Crippen LogP contribution < -0.4 is 5.32 Å². The van der Waals surface area contributed by atoms with Crippen molar-refractivity contribution in [2.45, 2.75) is 77.6 Å². The second-order valence-electron chi connectivity index (χ2n) is 7.29. The maximum Gasteiger partial charge on any atom is 0.303 e. The molecule has 2 aliphatic carbocycles. The summed E-state index contributed by atoms with van der Waals surface area (Å²) in [5.74, 6) is -0.719. The minimum atomic E-state index is -0.773. The molecule has 0 aromatic rings. The van der Waals surface area contributed by atoms with Gasteiger partial charge in [0.2, 0.25) is 5.91 Å². The van der Waals surface area contributed by atoms with Gasteiger partial charge in [0.05, 0.1) is 6.42 Å². The lowest BCUT2D eigenvalue weighted by Crippen LogP contribution is -2.38. The second kappa shape index (κ2) is 6.80. The van der Waals surface area contributed by atoms with Gasteiger partial charge < -0.3 is 10.4 Å². The Morgan fingerprint density at radius 3 is 1.95 bits per heavy atom. The van der Waals surface area contributed by atoms with E-state index in [1.807, 2.05) is 0 Å². The molecule has 0 spiro atoms. The Kier molecular flexibility index (Phi) is 5.28. The van der Waals surface area contributed by atoms with Crippen molar-refractivity contribution in [3.8, 4) is 0 Å². The third-order valence-electron chi connectivity index (χ3n) is 5.80. The van der Waals surface area contributed by atoms with Crippen LogP contribution in [-0.4, -0.2) is 23.5 Å². The predicted octanol–water partition coefficient (Wildman–Crippen LogP) is 3.50. The van der Waals surface area contributed by atoms with Crippen molar-refractivity contribution in [1.82, 2.24) is 5.32 Å². The van der Waals surface area contributed by atoms with Gasteiger partial charge in [-0.15, -0.1) is 0 Å². The van der Waals surface area contributed by atoms with Crippen LogP contribution in [0, 0.1) is 10.8 Å². The average Bonchev–Trinajstić information content (AvgIpc) is 3.06. The Hall–Kier alpha value is -1.06. The molecular weight excluding hydrogens is 266 g/mol. The highest BCUT2D eigenvalue weighted by molar-refractivity contribution is 5.78. The number of carbonyl (C=O) groups is 2. The summed E-state index contributed by atoms with van der Waals surface area (Å²) < 4.78 is 0. The lowest BCUT2D eigenvalue weighted by Gasteiger charge is -2.30. The van der Waals surface area contributed by atoms with Gasteiger partial charge in [0.1, 0.15) is 0 Å². The molecule has 120 valence electrons. The Balaban J connectivity index is 1.86. The largest absolute Gasteiger partial charge is 0.481 e. The van der Waals surface area contributed by atoms with Crippen molar-refractivity contribution >= 4 is 11.9 Å². The molecule has 2 rings (SSSR count). The molecule has 2 N–H and O–H groups in total. The number of carbonyl (C=O) groups excluding carboxylic acids is 1. The van der Waals surface area contributed by atoms with E-state index >= 15 is 0 Å². The molecule has 2 aliphatic rings. The van der Waals surface area contributed by atoms with Crippen molar-refractivity contribution in [3.63, 3.8) is 0 Å². The number of carboxylic acids is 1. The fourth-order valence-corrected chi connectivity index (χ4v) is 4.33. The van der Waals surface area contributed by atoms with E-state index in [0.29, 0.717) is 11.8 Å². The summed E-state index contributed by atoms with van der Waals surface area (Å²) in [7, 11) is 0. The molecule has 0 unspecified atom stereocenters. The molecule has 21 heavy (non-hydrogen) atoms. The normalized spacial score (nSPS) is 23.1. The fraction of sp³-hybridized carbons (Fsp3) is 0.882. The Morgan fingerprint density at radius 2 is 1.48 bits per heavy atom. The van der Waals surface area contributed by atoms with Crippen molar-refractivity contribution in [2.24, 2.45) is 10.8 Å². The van der Waals surface area contributed by atoms with Crippen molar-refractivity contribution in [2.75, 3.05) is 6.54 Å². The molecule has 0 aromatic carbocycles. The van der Waals surface area contributed by atoms with E-state index in [-0.39, 0.29) is 17.7 Å². The monoisotopic (exact) mass is 295 g/mol.